The van der Waals surface area contributed by atoms with Gasteiger partial charge in [0.25, 0.3) is 0 Å². The zero-order valence-corrected chi connectivity index (χ0v) is 20.1. The maximum atomic E-state index is 15.1. The highest BCUT2D eigenvalue weighted by Gasteiger charge is 2.19. The molecule has 3 aromatic rings. The topological polar surface area (TPSA) is 65.5 Å². The molecule has 0 aliphatic carbocycles. The Balaban J connectivity index is 1.89. The average molecular weight is 470 g/mol. The summed E-state index contributed by atoms with van der Waals surface area (Å²) in [6.45, 7) is 6.29. The molecule has 5 nitrogen and oxygen atoms in total. The number of benzene rings is 2. The molecule has 0 saturated carbocycles. The van der Waals surface area contributed by atoms with Gasteiger partial charge in [0, 0.05) is 11.3 Å². The van der Waals surface area contributed by atoms with Crippen LogP contribution in [0.1, 0.15) is 63.5 Å². The fraction of sp³-hybridized carbons (Fsp3) is 0.346. The van der Waals surface area contributed by atoms with Crippen molar-refractivity contribution in [1.82, 2.24) is 4.98 Å². The van der Waals surface area contributed by atoms with Crippen molar-refractivity contribution in [2.75, 3.05) is 13.7 Å². The molecule has 0 radical (unpaired) electrons. The van der Waals surface area contributed by atoms with Gasteiger partial charge >= 0.3 is 11.9 Å². The molecule has 0 N–H and O–H groups in total. The Morgan fingerprint density at radius 3 is 2.55 bits per heavy atom. The molecule has 33 heavy (non-hydrogen) atoms. The Kier molecular flexibility index (Phi) is 8.33. The van der Waals surface area contributed by atoms with Gasteiger partial charge in [-0.25, -0.2) is 19.0 Å². The molecular weight excluding hydrogens is 441 g/mol. The van der Waals surface area contributed by atoms with Crippen LogP contribution in [-0.2, 0) is 22.3 Å². The van der Waals surface area contributed by atoms with Crippen LogP contribution in [-0.4, -0.2) is 30.6 Å². The number of carbonyl (C=O) groups is 2. The van der Waals surface area contributed by atoms with E-state index in [9.17, 15) is 9.59 Å². The van der Waals surface area contributed by atoms with E-state index in [4.69, 9.17) is 9.47 Å². The van der Waals surface area contributed by atoms with Crippen molar-refractivity contribution < 1.29 is 23.5 Å². The van der Waals surface area contributed by atoms with Gasteiger partial charge in [-0.15, -0.1) is 11.3 Å². The van der Waals surface area contributed by atoms with E-state index in [1.165, 1.54) is 24.5 Å². The molecule has 3 rings (SSSR count). The average Bonchev–Trinajstić information content (AvgIpc) is 3.20. The van der Waals surface area contributed by atoms with Crippen LogP contribution >= 0.6 is 11.3 Å². The second-order valence-electron chi connectivity index (χ2n) is 8.15. The summed E-state index contributed by atoms with van der Waals surface area (Å²) in [4.78, 5) is 29.7. The zero-order chi connectivity index (χ0) is 24.0. The summed E-state index contributed by atoms with van der Waals surface area (Å²) in [5.41, 5.74) is 2.91. The summed E-state index contributed by atoms with van der Waals surface area (Å²) in [7, 11) is 1.32. The first-order valence-corrected chi connectivity index (χ1v) is 11.8. The number of aromatic nitrogens is 1. The Labute approximate surface area is 197 Å². The summed E-state index contributed by atoms with van der Waals surface area (Å²) >= 11 is 1.24. The first kappa shape index (κ1) is 24.6. The first-order chi connectivity index (χ1) is 15.8. The number of halogens is 1. The molecule has 1 aromatic heterocycles. The molecule has 7 heteroatoms. The van der Waals surface area contributed by atoms with Gasteiger partial charge in [0.1, 0.15) is 5.82 Å². The zero-order valence-electron chi connectivity index (χ0n) is 19.3. The van der Waals surface area contributed by atoms with Gasteiger partial charge in [0.2, 0.25) is 5.01 Å². The van der Waals surface area contributed by atoms with Gasteiger partial charge < -0.3 is 9.47 Å². The SMILES string of the molecule is CCCc1nc(C(=O)OC)sc1Cc1ccc(-c2ccccc2C(=O)OCC(C)C)cc1F. The highest BCUT2D eigenvalue weighted by Crippen LogP contribution is 2.29. The normalized spacial score (nSPS) is 11.0. The van der Waals surface area contributed by atoms with Crippen LogP contribution in [0.5, 0.6) is 0 Å². The van der Waals surface area contributed by atoms with E-state index in [1.807, 2.05) is 26.8 Å². The van der Waals surface area contributed by atoms with Crippen LogP contribution in [0.4, 0.5) is 4.39 Å². The molecule has 0 fully saturated rings. The van der Waals surface area contributed by atoms with Gasteiger partial charge in [0.05, 0.1) is 25.0 Å². The minimum Gasteiger partial charge on any atom is -0.464 e. The third kappa shape index (κ3) is 6.05. The van der Waals surface area contributed by atoms with Gasteiger partial charge in [-0.05, 0) is 41.2 Å². The lowest BCUT2D eigenvalue weighted by atomic mass is 9.97. The van der Waals surface area contributed by atoms with Crippen molar-refractivity contribution in [3.63, 3.8) is 0 Å². The minimum absolute atomic E-state index is 0.224. The molecule has 2 aromatic carbocycles. The standard InChI is InChI=1S/C26H28FNO4S/c1-5-8-22-23(33-24(28-22)26(30)31-4)14-18-12-11-17(13-21(18)27)19-9-6-7-10-20(19)25(29)32-15-16(2)3/h6-7,9-13,16H,5,8,14-15H2,1-4H3. The van der Waals surface area contributed by atoms with Crippen LogP contribution < -0.4 is 0 Å². The Hall–Kier alpha value is -3.06. The summed E-state index contributed by atoms with van der Waals surface area (Å²) in [6, 6.07) is 12.0. The number of hydrogen-bond donors (Lipinski definition) is 0. The number of rotatable bonds is 9. The molecule has 174 valence electrons. The molecule has 0 unspecified atom stereocenters. The number of carbonyl (C=O) groups excluding carboxylic acids is 2. The van der Waals surface area contributed by atoms with E-state index in [1.54, 1.807) is 30.3 Å². The maximum Gasteiger partial charge on any atom is 0.367 e. The minimum atomic E-state index is -0.486. The number of nitrogens with zero attached hydrogens (tertiary/aromatic N) is 1. The Morgan fingerprint density at radius 1 is 1.12 bits per heavy atom. The lowest BCUT2D eigenvalue weighted by molar-refractivity contribution is 0.0459. The van der Waals surface area contributed by atoms with Crippen molar-refractivity contribution in [2.45, 2.75) is 40.0 Å². The number of aryl methyl sites for hydroxylation is 1. The summed E-state index contributed by atoms with van der Waals surface area (Å²) < 4.78 is 25.3. The molecule has 0 aliphatic heterocycles. The monoisotopic (exact) mass is 469 g/mol. The van der Waals surface area contributed by atoms with E-state index >= 15 is 4.39 Å². The number of thiazole rings is 1. The third-order valence-electron chi connectivity index (χ3n) is 5.03. The predicted octanol–water partition coefficient (Wildman–Crippen LogP) is 6.09. The summed E-state index contributed by atoms with van der Waals surface area (Å²) in [6.07, 6.45) is 1.89. The number of methoxy groups -OCH3 is 1. The second-order valence-corrected chi connectivity index (χ2v) is 9.23. The highest BCUT2D eigenvalue weighted by atomic mass is 32.1. The van der Waals surface area contributed by atoms with E-state index in [2.05, 4.69) is 4.98 Å². The van der Waals surface area contributed by atoms with Crippen molar-refractivity contribution in [1.29, 1.82) is 0 Å². The molecule has 0 amide bonds. The maximum absolute atomic E-state index is 15.1. The lowest BCUT2D eigenvalue weighted by Gasteiger charge is -2.12. The van der Waals surface area contributed by atoms with Crippen molar-refractivity contribution in [2.24, 2.45) is 5.92 Å². The molecule has 0 spiro atoms. The predicted molar refractivity (Wildman–Crippen MR) is 127 cm³/mol. The van der Waals surface area contributed by atoms with Gasteiger partial charge in [-0.1, -0.05) is 57.5 Å². The molecule has 0 saturated heterocycles. The highest BCUT2D eigenvalue weighted by molar-refractivity contribution is 7.13. The van der Waals surface area contributed by atoms with E-state index in [0.29, 0.717) is 41.7 Å². The van der Waals surface area contributed by atoms with E-state index < -0.39 is 11.9 Å². The molecular formula is C26H28FNO4S. The van der Waals surface area contributed by atoms with Crippen LogP contribution in [0, 0.1) is 11.7 Å². The second kappa shape index (κ2) is 11.2. The lowest BCUT2D eigenvalue weighted by Crippen LogP contribution is -2.11. The number of hydrogen-bond acceptors (Lipinski definition) is 6. The first-order valence-electron chi connectivity index (χ1n) is 11.0. The molecule has 0 bridgehead atoms. The van der Waals surface area contributed by atoms with Crippen LogP contribution in [0.15, 0.2) is 42.5 Å². The third-order valence-corrected chi connectivity index (χ3v) is 6.11. The largest absolute Gasteiger partial charge is 0.464 e. The fourth-order valence-electron chi connectivity index (χ4n) is 3.39. The van der Waals surface area contributed by atoms with Gasteiger partial charge in [-0.2, -0.15) is 0 Å². The number of esters is 2. The van der Waals surface area contributed by atoms with Crippen molar-refractivity contribution >= 4 is 23.3 Å². The number of ether oxygens (including phenoxy) is 2. The molecule has 1 heterocycles. The smallest absolute Gasteiger partial charge is 0.367 e. The van der Waals surface area contributed by atoms with Crippen molar-refractivity contribution in [3.05, 3.63) is 75.0 Å². The Morgan fingerprint density at radius 2 is 1.88 bits per heavy atom. The van der Waals surface area contributed by atoms with Crippen LogP contribution in [0.25, 0.3) is 11.1 Å². The summed E-state index contributed by atoms with van der Waals surface area (Å²) in [5, 5.41) is 0.279. The quantitative estimate of drug-likeness (QED) is 0.355. The van der Waals surface area contributed by atoms with E-state index in [-0.39, 0.29) is 16.7 Å². The van der Waals surface area contributed by atoms with E-state index in [0.717, 1.165) is 17.0 Å². The van der Waals surface area contributed by atoms with Crippen LogP contribution in [0.3, 0.4) is 0 Å². The van der Waals surface area contributed by atoms with Crippen LogP contribution in [0.2, 0.25) is 0 Å². The van der Waals surface area contributed by atoms with Crippen molar-refractivity contribution in [3.8, 4) is 11.1 Å². The van der Waals surface area contributed by atoms with Gasteiger partial charge in [0.15, 0.2) is 0 Å². The molecule has 0 aliphatic rings. The fourth-order valence-corrected chi connectivity index (χ4v) is 4.44. The Bertz CT molecular complexity index is 1140. The molecule has 0 atom stereocenters. The van der Waals surface area contributed by atoms with Gasteiger partial charge in [-0.3, -0.25) is 0 Å². The summed E-state index contributed by atoms with van der Waals surface area (Å²) in [5.74, 6) is -1.07.